The van der Waals surface area contributed by atoms with E-state index in [9.17, 15) is 4.79 Å². The van der Waals surface area contributed by atoms with Crippen molar-refractivity contribution in [1.82, 2.24) is 4.98 Å². The molecule has 0 N–H and O–H groups in total. The van der Waals surface area contributed by atoms with E-state index in [0.717, 1.165) is 18.4 Å². The maximum absolute atomic E-state index is 12.4. The maximum Gasteiger partial charge on any atom is 0.166 e. The van der Waals surface area contributed by atoms with Crippen LogP contribution in [0.5, 0.6) is 0 Å². The second-order valence-electron chi connectivity index (χ2n) is 5.42. The summed E-state index contributed by atoms with van der Waals surface area (Å²) in [6.07, 6.45) is 5.26. The Morgan fingerprint density at radius 2 is 1.84 bits per heavy atom. The predicted molar refractivity (Wildman–Crippen MR) is 75.4 cm³/mol. The Labute approximate surface area is 113 Å². The van der Waals surface area contributed by atoms with Crippen LogP contribution in [0.3, 0.4) is 0 Å². The molecule has 0 saturated carbocycles. The van der Waals surface area contributed by atoms with Crippen molar-refractivity contribution in [3.05, 3.63) is 64.5 Å². The molecular weight excluding hydrogens is 234 g/mol. The van der Waals surface area contributed by atoms with Crippen LogP contribution in [0.1, 0.15) is 32.6 Å². The first-order valence-corrected chi connectivity index (χ1v) is 6.68. The fraction of sp³-hybridized carbons (Fsp3) is 0.294. The lowest BCUT2D eigenvalue weighted by Crippen LogP contribution is -2.12. The zero-order chi connectivity index (χ0) is 13.4. The first-order chi connectivity index (χ1) is 9.15. The predicted octanol–water partition coefficient (Wildman–Crippen LogP) is 3.30. The minimum absolute atomic E-state index is 0.0959. The van der Waals surface area contributed by atoms with Crippen molar-refractivity contribution in [2.75, 3.05) is 0 Å². The second kappa shape index (κ2) is 4.61. The summed E-state index contributed by atoms with van der Waals surface area (Å²) in [6.45, 7) is 4.18. The van der Waals surface area contributed by atoms with Crippen LogP contribution in [-0.4, -0.2) is 10.8 Å². The molecule has 2 aromatic rings. The Morgan fingerprint density at radius 3 is 2.58 bits per heavy atom. The number of hydrogen-bond donors (Lipinski definition) is 0. The molecule has 0 saturated heterocycles. The molecule has 1 atom stereocenters. The number of ketones is 1. The van der Waals surface area contributed by atoms with Gasteiger partial charge in [-0.25, -0.2) is 0 Å². The zero-order valence-electron chi connectivity index (χ0n) is 11.3. The van der Waals surface area contributed by atoms with Gasteiger partial charge < -0.3 is 0 Å². The van der Waals surface area contributed by atoms with Gasteiger partial charge in [0.05, 0.1) is 0 Å². The Kier molecular flexibility index (Phi) is 2.94. The van der Waals surface area contributed by atoms with Crippen molar-refractivity contribution in [1.29, 1.82) is 0 Å². The van der Waals surface area contributed by atoms with Crippen LogP contribution in [-0.2, 0) is 12.8 Å². The highest BCUT2D eigenvalue weighted by Gasteiger charge is 2.30. The van der Waals surface area contributed by atoms with Gasteiger partial charge >= 0.3 is 0 Å². The monoisotopic (exact) mass is 251 g/mol. The molecule has 0 fully saturated rings. The highest BCUT2D eigenvalue weighted by Crippen LogP contribution is 2.31. The number of nitrogens with zero attached hydrogens (tertiary/aromatic N) is 1. The summed E-state index contributed by atoms with van der Waals surface area (Å²) < 4.78 is 0. The standard InChI is InChI=1S/C17H17NO/c1-11-7-14-10-15(9-13-3-5-18-6-4-13)17(19)16(14)8-12(11)2/h3-8,15H,9-10H2,1-2H3. The molecule has 3 rings (SSSR count). The summed E-state index contributed by atoms with van der Waals surface area (Å²) in [5, 5.41) is 0. The van der Waals surface area contributed by atoms with Crippen LogP contribution in [0.25, 0.3) is 0 Å². The molecule has 0 radical (unpaired) electrons. The van der Waals surface area contributed by atoms with Gasteiger partial charge in [-0.2, -0.15) is 0 Å². The maximum atomic E-state index is 12.4. The summed E-state index contributed by atoms with van der Waals surface area (Å²) in [5.74, 6) is 0.397. The van der Waals surface area contributed by atoms with Gasteiger partial charge in [0.15, 0.2) is 5.78 Å². The minimum Gasteiger partial charge on any atom is -0.294 e. The molecule has 0 aliphatic heterocycles. The van der Waals surface area contributed by atoms with Gasteiger partial charge in [-0.1, -0.05) is 6.07 Å². The van der Waals surface area contributed by atoms with Gasteiger partial charge in [0.25, 0.3) is 0 Å². The Bertz CT molecular complexity index is 631. The third-order valence-corrected chi connectivity index (χ3v) is 4.05. The molecule has 1 aromatic heterocycles. The second-order valence-corrected chi connectivity index (χ2v) is 5.42. The van der Waals surface area contributed by atoms with E-state index in [0.29, 0.717) is 5.78 Å². The number of benzene rings is 1. The van der Waals surface area contributed by atoms with Crippen molar-refractivity contribution in [2.24, 2.45) is 5.92 Å². The Morgan fingerprint density at radius 1 is 1.16 bits per heavy atom. The van der Waals surface area contributed by atoms with E-state index in [-0.39, 0.29) is 5.92 Å². The molecule has 2 nitrogen and oxygen atoms in total. The van der Waals surface area contributed by atoms with Gasteiger partial charge in [0.1, 0.15) is 0 Å². The third-order valence-electron chi connectivity index (χ3n) is 4.05. The molecule has 1 unspecified atom stereocenters. The average molecular weight is 251 g/mol. The van der Waals surface area contributed by atoms with E-state index in [4.69, 9.17) is 0 Å². The molecule has 1 heterocycles. The van der Waals surface area contributed by atoms with E-state index in [1.807, 2.05) is 12.1 Å². The smallest absolute Gasteiger partial charge is 0.166 e. The number of rotatable bonds is 2. The lowest BCUT2D eigenvalue weighted by molar-refractivity contribution is 0.0936. The normalized spacial score (nSPS) is 17.6. The van der Waals surface area contributed by atoms with Gasteiger partial charge in [-0.15, -0.1) is 0 Å². The fourth-order valence-electron chi connectivity index (χ4n) is 2.82. The van der Waals surface area contributed by atoms with Gasteiger partial charge in [-0.05, 0) is 67.1 Å². The van der Waals surface area contributed by atoms with E-state index in [1.54, 1.807) is 12.4 Å². The number of hydrogen-bond acceptors (Lipinski definition) is 2. The van der Waals surface area contributed by atoms with Gasteiger partial charge in [0.2, 0.25) is 0 Å². The summed E-state index contributed by atoms with van der Waals surface area (Å²) >= 11 is 0. The molecule has 1 aliphatic rings. The minimum atomic E-state index is 0.0959. The zero-order valence-corrected chi connectivity index (χ0v) is 11.3. The van der Waals surface area contributed by atoms with Crippen LogP contribution in [0.4, 0.5) is 0 Å². The summed E-state index contributed by atoms with van der Waals surface area (Å²) in [6, 6.07) is 8.22. The fourth-order valence-corrected chi connectivity index (χ4v) is 2.82. The molecular formula is C17H17NO. The molecule has 0 amide bonds. The molecule has 1 aromatic carbocycles. The lowest BCUT2D eigenvalue weighted by atomic mass is 9.96. The number of Topliss-reactive ketones (excluding diaryl/α,β-unsaturated/α-hetero) is 1. The van der Waals surface area contributed by atoms with E-state index >= 15 is 0 Å². The number of fused-ring (bicyclic) bond motifs is 1. The van der Waals surface area contributed by atoms with Crippen LogP contribution in [0.15, 0.2) is 36.7 Å². The largest absolute Gasteiger partial charge is 0.294 e. The number of aromatic nitrogens is 1. The first kappa shape index (κ1) is 12.1. The molecule has 96 valence electrons. The van der Waals surface area contributed by atoms with Crippen molar-refractivity contribution in [3.8, 4) is 0 Å². The van der Waals surface area contributed by atoms with Crippen LogP contribution < -0.4 is 0 Å². The number of aryl methyl sites for hydroxylation is 2. The summed E-state index contributed by atoms with van der Waals surface area (Å²) in [5.41, 5.74) is 5.82. The van der Waals surface area contributed by atoms with Crippen molar-refractivity contribution in [2.45, 2.75) is 26.7 Å². The van der Waals surface area contributed by atoms with E-state index in [1.165, 1.54) is 22.3 Å². The Hall–Kier alpha value is -1.96. The molecule has 0 spiro atoms. The third kappa shape index (κ3) is 2.19. The molecule has 0 bridgehead atoms. The molecule has 2 heteroatoms. The lowest BCUT2D eigenvalue weighted by Gasteiger charge is -2.07. The van der Waals surface area contributed by atoms with Gasteiger partial charge in [-0.3, -0.25) is 9.78 Å². The highest BCUT2D eigenvalue weighted by molar-refractivity contribution is 6.02. The average Bonchev–Trinajstić information content (AvgIpc) is 2.69. The van der Waals surface area contributed by atoms with E-state index < -0.39 is 0 Å². The number of pyridine rings is 1. The number of carbonyl (C=O) groups excluding carboxylic acids is 1. The molecule has 19 heavy (non-hydrogen) atoms. The highest BCUT2D eigenvalue weighted by atomic mass is 16.1. The Balaban J connectivity index is 1.87. The van der Waals surface area contributed by atoms with Crippen molar-refractivity contribution >= 4 is 5.78 Å². The quantitative estimate of drug-likeness (QED) is 0.819. The first-order valence-electron chi connectivity index (χ1n) is 6.68. The van der Waals surface area contributed by atoms with Gasteiger partial charge in [0, 0.05) is 23.9 Å². The van der Waals surface area contributed by atoms with Crippen molar-refractivity contribution < 1.29 is 4.79 Å². The number of carbonyl (C=O) groups is 1. The summed E-state index contributed by atoms with van der Waals surface area (Å²) in [4.78, 5) is 16.5. The van der Waals surface area contributed by atoms with Crippen molar-refractivity contribution in [3.63, 3.8) is 0 Å². The van der Waals surface area contributed by atoms with Crippen LogP contribution in [0.2, 0.25) is 0 Å². The van der Waals surface area contributed by atoms with Crippen LogP contribution in [0, 0.1) is 19.8 Å². The topological polar surface area (TPSA) is 30.0 Å². The SMILES string of the molecule is Cc1cc2c(cc1C)C(=O)C(Cc1ccncc1)C2. The van der Waals surface area contributed by atoms with Crippen LogP contribution >= 0.6 is 0 Å². The summed E-state index contributed by atoms with van der Waals surface area (Å²) in [7, 11) is 0. The van der Waals surface area contributed by atoms with E-state index in [2.05, 4.69) is 31.0 Å². The molecule has 1 aliphatic carbocycles.